The number of halogens is 2. The predicted molar refractivity (Wildman–Crippen MR) is 121 cm³/mol. The van der Waals surface area contributed by atoms with E-state index in [9.17, 15) is 13.6 Å². The zero-order valence-corrected chi connectivity index (χ0v) is 19.0. The molecule has 1 aliphatic heterocycles. The van der Waals surface area contributed by atoms with Crippen LogP contribution in [0.5, 0.6) is 0 Å². The molecule has 0 radical (unpaired) electrons. The first-order chi connectivity index (χ1) is 17.0. The summed E-state index contributed by atoms with van der Waals surface area (Å²) in [5.74, 6) is -1.04. The van der Waals surface area contributed by atoms with Crippen molar-refractivity contribution in [1.29, 1.82) is 10.5 Å². The summed E-state index contributed by atoms with van der Waals surface area (Å²) < 4.78 is 30.0. The summed E-state index contributed by atoms with van der Waals surface area (Å²) in [6, 6.07) is 10.3. The Labute approximate surface area is 201 Å². The second-order valence-electron chi connectivity index (χ2n) is 9.23. The highest BCUT2D eigenvalue weighted by Gasteiger charge is 2.37. The molecule has 1 aliphatic carbocycles. The topological polar surface area (TPSA) is 94.9 Å². The number of fused-ring (bicyclic) bond motifs is 1. The monoisotopic (exact) mass is 475 g/mol. The van der Waals surface area contributed by atoms with Gasteiger partial charge in [-0.3, -0.25) is 9.63 Å². The molecule has 1 saturated carbocycles. The standard InChI is InChI=1S/C26H23F2N5O2/c27-21-8-17(12-29)7-19(9-21)24-5-6-35-33(24)26(34)18-3-1-16(2-4-18)14-32-15-31-23-10-20(13-30)22(28)11-25(23)32/h7-11,15-16,18,24H,1-6,14H2/t16-,18-,24-/m0/s1. The van der Waals surface area contributed by atoms with Crippen LogP contribution in [0.3, 0.4) is 0 Å². The molecule has 1 atom stereocenters. The number of nitriles is 2. The van der Waals surface area contributed by atoms with Gasteiger partial charge in [-0.2, -0.15) is 10.5 Å². The smallest absolute Gasteiger partial charge is 0.249 e. The number of nitrogens with zero attached hydrogens (tertiary/aromatic N) is 5. The Hall–Kier alpha value is -3.82. The molecule has 0 N–H and O–H groups in total. The molecule has 2 aromatic carbocycles. The molecule has 2 fully saturated rings. The highest BCUT2D eigenvalue weighted by atomic mass is 19.1. The molecule has 7 nitrogen and oxygen atoms in total. The first-order valence-electron chi connectivity index (χ1n) is 11.7. The van der Waals surface area contributed by atoms with E-state index in [1.54, 1.807) is 12.4 Å². The Kier molecular flexibility index (Phi) is 6.19. The highest BCUT2D eigenvalue weighted by Crippen LogP contribution is 2.37. The summed E-state index contributed by atoms with van der Waals surface area (Å²) >= 11 is 0. The number of rotatable bonds is 4. The number of carbonyl (C=O) groups excluding carboxylic acids is 1. The quantitative estimate of drug-likeness (QED) is 0.542. The number of hydrogen-bond donors (Lipinski definition) is 0. The van der Waals surface area contributed by atoms with Crippen LogP contribution in [-0.4, -0.2) is 27.1 Å². The van der Waals surface area contributed by atoms with E-state index < -0.39 is 17.7 Å². The molecule has 178 valence electrons. The van der Waals surface area contributed by atoms with Crippen LogP contribution < -0.4 is 0 Å². The van der Waals surface area contributed by atoms with Gasteiger partial charge in [0.1, 0.15) is 17.7 Å². The summed E-state index contributed by atoms with van der Waals surface area (Å²) in [5, 5.41) is 19.5. The third-order valence-corrected chi connectivity index (χ3v) is 7.04. The van der Waals surface area contributed by atoms with Gasteiger partial charge in [-0.15, -0.1) is 0 Å². The lowest BCUT2D eigenvalue weighted by Gasteiger charge is -2.32. The van der Waals surface area contributed by atoms with Gasteiger partial charge < -0.3 is 4.57 Å². The van der Waals surface area contributed by atoms with Gasteiger partial charge in [-0.1, -0.05) is 0 Å². The zero-order chi connectivity index (χ0) is 24.5. The van der Waals surface area contributed by atoms with Crippen LogP contribution in [0.2, 0.25) is 0 Å². The average Bonchev–Trinajstić information content (AvgIpc) is 3.50. The number of amides is 1. The van der Waals surface area contributed by atoms with Crippen LogP contribution in [-0.2, 0) is 16.2 Å². The van der Waals surface area contributed by atoms with E-state index in [2.05, 4.69) is 4.98 Å². The van der Waals surface area contributed by atoms with Crippen LogP contribution in [0.1, 0.15) is 54.8 Å². The molecule has 9 heteroatoms. The second-order valence-corrected chi connectivity index (χ2v) is 9.23. The Morgan fingerprint density at radius 3 is 2.60 bits per heavy atom. The lowest BCUT2D eigenvalue weighted by molar-refractivity contribution is -0.183. The van der Waals surface area contributed by atoms with Gasteiger partial charge in [0.2, 0.25) is 5.91 Å². The molecule has 0 bridgehead atoms. The predicted octanol–water partition coefficient (Wildman–Crippen LogP) is 4.77. The minimum atomic E-state index is -0.559. The molecule has 1 aromatic heterocycles. The van der Waals surface area contributed by atoms with Crippen molar-refractivity contribution in [2.24, 2.45) is 11.8 Å². The van der Waals surface area contributed by atoms with Crippen LogP contribution in [0.25, 0.3) is 11.0 Å². The maximum atomic E-state index is 14.1. The minimum absolute atomic E-state index is 0.0219. The number of aromatic nitrogens is 2. The summed E-state index contributed by atoms with van der Waals surface area (Å²) in [7, 11) is 0. The number of benzene rings is 2. The van der Waals surface area contributed by atoms with Crippen molar-refractivity contribution in [1.82, 2.24) is 14.6 Å². The number of imidazole rings is 1. The van der Waals surface area contributed by atoms with Gasteiger partial charge in [-0.05, 0) is 61.4 Å². The zero-order valence-electron chi connectivity index (χ0n) is 19.0. The summed E-state index contributed by atoms with van der Waals surface area (Å²) in [6.45, 7) is 1.02. The Bertz CT molecular complexity index is 1360. The third-order valence-electron chi connectivity index (χ3n) is 7.04. The van der Waals surface area contributed by atoms with Crippen molar-refractivity contribution in [3.05, 3.63) is 65.0 Å². The fourth-order valence-electron chi connectivity index (χ4n) is 5.22. The van der Waals surface area contributed by atoms with Gasteiger partial charge >= 0.3 is 0 Å². The fourth-order valence-corrected chi connectivity index (χ4v) is 5.22. The van der Waals surface area contributed by atoms with E-state index in [0.717, 1.165) is 12.8 Å². The van der Waals surface area contributed by atoms with Crippen LogP contribution in [0, 0.1) is 46.1 Å². The molecular weight excluding hydrogens is 452 g/mol. The SMILES string of the molecule is N#Cc1cc(F)cc([C@@H]2CCON2C(=O)[C@H]2CC[C@H](Cn3cnc4cc(C#N)c(F)cc43)CC2)c1. The van der Waals surface area contributed by atoms with Crippen molar-refractivity contribution in [2.75, 3.05) is 6.61 Å². The van der Waals surface area contributed by atoms with Crippen molar-refractivity contribution < 1.29 is 18.4 Å². The lowest BCUT2D eigenvalue weighted by atomic mass is 9.81. The third kappa shape index (κ3) is 4.48. The minimum Gasteiger partial charge on any atom is -0.330 e. The van der Waals surface area contributed by atoms with Crippen LogP contribution >= 0.6 is 0 Å². The van der Waals surface area contributed by atoms with E-state index >= 15 is 0 Å². The molecule has 3 aromatic rings. The van der Waals surface area contributed by atoms with E-state index in [-0.39, 0.29) is 23.0 Å². The molecule has 5 rings (SSSR count). The molecule has 2 heterocycles. The summed E-state index contributed by atoms with van der Waals surface area (Å²) in [4.78, 5) is 23.2. The largest absolute Gasteiger partial charge is 0.330 e. The summed E-state index contributed by atoms with van der Waals surface area (Å²) in [6.07, 6.45) is 5.26. The maximum Gasteiger partial charge on any atom is 0.249 e. The van der Waals surface area contributed by atoms with E-state index in [4.69, 9.17) is 15.4 Å². The van der Waals surface area contributed by atoms with Crippen LogP contribution in [0.4, 0.5) is 8.78 Å². The molecule has 2 aliphatic rings. The normalized spacial score (nSPS) is 22.2. The first-order valence-corrected chi connectivity index (χ1v) is 11.7. The molecule has 0 unspecified atom stereocenters. The molecule has 35 heavy (non-hydrogen) atoms. The Balaban J connectivity index is 1.24. The summed E-state index contributed by atoms with van der Waals surface area (Å²) in [5.41, 5.74) is 2.00. The van der Waals surface area contributed by atoms with Gasteiger partial charge in [0.15, 0.2) is 0 Å². The number of hydrogen-bond acceptors (Lipinski definition) is 5. The first kappa shape index (κ1) is 22.9. The molecule has 1 amide bonds. The van der Waals surface area contributed by atoms with E-state index in [1.165, 1.54) is 29.3 Å². The van der Waals surface area contributed by atoms with Gasteiger partial charge in [0.25, 0.3) is 0 Å². The number of hydroxylamine groups is 2. The maximum absolute atomic E-state index is 14.1. The van der Waals surface area contributed by atoms with Crippen molar-refractivity contribution >= 4 is 16.9 Å². The Morgan fingerprint density at radius 2 is 1.86 bits per heavy atom. The molecular formula is C26H23F2N5O2. The van der Waals surface area contributed by atoms with Crippen molar-refractivity contribution in [3.63, 3.8) is 0 Å². The highest BCUT2D eigenvalue weighted by molar-refractivity contribution is 5.79. The van der Waals surface area contributed by atoms with Crippen molar-refractivity contribution in [2.45, 2.75) is 44.7 Å². The van der Waals surface area contributed by atoms with Crippen LogP contribution in [0.15, 0.2) is 36.7 Å². The molecule has 0 spiro atoms. The number of carbonyl (C=O) groups is 1. The van der Waals surface area contributed by atoms with E-state index in [0.29, 0.717) is 54.9 Å². The second kappa shape index (κ2) is 9.44. The average molecular weight is 475 g/mol. The van der Waals surface area contributed by atoms with Crippen molar-refractivity contribution in [3.8, 4) is 12.1 Å². The fraction of sp³-hybridized carbons (Fsp3) is 0.385. The van der Waals surface area contributed by atoms with Gasteiger partial charge in [-0.25, -0.2) is 18.8 Å². The van der Waals surface area contributed by atoms with Gasteiger partial charge in [0, 0.05) is 24.9 Å². The Morgan fingerprint density at radius 1 is 1.06 bits per heavy atom. The van der Waals surface area contributed by atoms with Gasteiger partial charge in [0.05, 0.1) is 47.2 Å². The lowest BCUT2D eigenvalue weighted by Crippen LogP contribution is -2.37. The van der Waals surface area contributed by atoms with E-state index in [1.807, 2.05) is 16.7 Å². The molecule has 1 saturated heterocycles.